The molecule has 0 radical (unpaired) electrons. The molecule has 3 rings (SSSR count). The van der Waals surface area contributed by atoms with E-state index in [0.717, 1.165) is 5.56 Å². The molecule has 0 spiro atoms. The van der Waals surface area contributed by atoms with Crippen LogP contribution in [0.25, 0.3) is 0 Å². The van der Waals surface area contributed by atoms with E-state index in [1.165, 1.54) is 6.20 Å². The van der Waals surface area contributed by atoms with Gasteiger partial charge in [0.2, 0.25) is 0 Å². The minimum Gasteiger partial charge on any atom is -0.307 e. The molecule has 0 saturated carbocycles. The van der Waals surface area contributed by atoms with Crippen LogP contribution in [0.2, 0.25) is 0 Å². The highest BCUT2D eigenvalue weighted by molar-refractivity contribution is 6.03. The van der Waals surface area contributed by atoms with Crippen molar-refractivity contribution in [1.29, 1.82) is 0 Å². The molecule has 0 atom stereocenters. The van der Waals surface area contributed by atoms with Crippen LogP contribution < -0.4 is 5.32 Å². The predicted octanol–water partition coefficient (Wildman–Crippen LogP) is 2.58. The molecule has 3 aromatic rings. The zero-order valence-electron chi connectivity index (χ0n) is 11.3. The van der Waals surface area contributed by atoms with Crippen LogP contribution in [0, 0.1) is 0 Å². The molecule has 5 heteroatoms. The fraction of sp³-hybridized carbons (Fsp3) is 0.0625. The second kappa shape index (κ2) is 6.00. The molecule has 0 aliphatic rings. The van der Waals surface area contributed by atoms with Gasteiger partial charge in [-0.15, -0.1) is 0 Å². The van der Waals surface area contributed by atoms with E-state index in [0.29, 0.717) is 17.9 Å². The van der Waals surface area contributed by atoms with Crippen molar-refractivity contribution in [3.63, 3.8) is 0 Å². The highest BCUT2D eigenvalue weighted by Crippen LogP contribution is 2.11. The number of nitrogens with one attached hydrogen (secondary N) is 1. The third-order valence-electron chi connectivity index (χ3n) is 3.06. The van der Waals surface area contributed by atoms with E-state index >= 15 is 0 Å². The van der Waals surface area contributed by atoms with Crippen LogP contribution in [-0.4, -0.2) is 20.7 Å². The Hall–Kier alpha value is -2.95. The number of amides is 1. The zero-order chi connectivity index (χ0) is 14.5. The molecule has 21 heavy (non-hydrogen) atoms. The number of anilines is 1. The SMILES string of the molecule is O=C(Nc1ccnn1Cc1ccccc1)c1cccnc1. The molecule has 2 heterocycles. The van der Waals surface area contributed by atoms with E-state index in [1.54, 1.807) is 35.3 Å². The van der Waals surface area contributed by atoms with Crippen molar-refractivity contribution in [2.24, 2.45) is 0 Å². The minimum absolute atomic E-state index is 0.196. The van der Waals surface area contributed by atoms with Gasteiger partial charge in [-0.05, 0) is 17.7 Å². The molecule has 1 amide bonds. The fourth-order valence-electron chi connectivity index (χ4n) is 2.01. The van der Waals surface area contributed by atoms with Gasteiger partial charge in [0.25, 0.3) is 5.91 Å². The molecule has 2 aromatic heterocycles. The van der Waals surface area contributed by atoms with E-state index in [4.69, 9.17) is 0 Å². The van der Waals surface area contributed by atoms with Gasteiger partial charge in [-0.3, -0.25) is 9.78 Å². The molecule has 0 unspecified atom stereocenters. The number of hydrogen-bond acceptors (Lipinski definition) is 3. The van der Waals surface area contributed by atoms with Crippen LogP contribution in [0.5, 0.6) is 0 Å². The van der Waals surface area contributed by atoms with E-state index in [9.17, 15) is 4.79 Å². The van der Waals surface area contributed by atoms with Crippen LogP contribution in [0.1, 0.15) is 15.9 Å². The van der Waals surface area contributed by atoms with Gasteiger partial charge < -0.3 is 5.32 Å². The molecule has 104 valence electrons. The molecule has 0 fully saturated rings. The third kappa shape index (κ3) is 3.14. The number of pyridine rings is 1. The summed E-state index contributed by atoms with van der Waals surface area (Å²) in [4.78, 5) is 16.1. The summed E-state index contributed by atoms with van der Waals surface area (Å²) in [5, 5.41) is 7.09. The maximum absolute atomic E-state index is 12.1. The van der Waals surface area contributed by atoms with Crippen molar-refractivity contribution in [1.82, 2.24) is 14.8 Å². The van der Waals surface area contributed by atoms with Crippen LogP contribution in [0.15, 0.2) is 67.1 Å². The van der Waals surface area contributed by atoms with Crippen molar-refractivity contribution in [2.45, 2.75) is 6.54 Å². The highest BCUT2D eigenvalue weighted by Gasteiger charge is 2.09. The van der Waals surface area contributed by atoms with E-state index < -0.39 is 0 Å². The van der Waals surface area contributed by atoms with Gasteiger partial charge in [0.05, 0.1) is 18.3 Å². The number of carbonyl (C=O) groups is 1. The average molecular weight is 278 g/mol. The largest absolute Gasteiger partial charge is 0.307 e. The number of benzene rings is 1. The van der Waals surface area contributed by atoms with Gasteiger partial charge in [0.1, 0.15) is 5.82 Å². The Kier molecular flexibility index (Phi) is 3.73. The lowest BCUT2D eigenvalue weighted by Crippen LogP contribution is -2.16. The van der Waals surface area contributed by atoms with E-state index in [-0.39, 0.29) is 5.91 Å². The van der Waals surface area contributed by atoms with Crippen molar-refractivity contribution in [3.8, 4) is 0 Å². The molecular formula is C16H14N4O. The summed E-state index contributed by atoms with van der Waals surface area (Å²) >= 11 is 0. The van der Waals surface area contributed by atoms with Crippen molar-refractivity contribution in [3.05, 3.63) is 78.2 Å². The fourth-order valence-corrected chi connectivity index (χ4v) is 2.01. The monoisotopic (exact) mass is 278 g/mol. The van der Waals surface area contributed by atoms with E-state index in [2.05, 4.69) is 15.4 Å². The van der Waals surface area contributed by atoms with Crippen molar-refractivity contribution in [2.75, 3.05) is 5.32 Å². The smallest absolute Gasteiger partial charge is 0.258 e. The Bertz CT molecular complexity index is 722. The summed E-state index contributed by atoms with van der Waals surface area (Å²) in [7, 11) is 0. The Morgan fingerprint density at radius 1 is 1.05 bits per heavy atom. The van der Waals surface area contributed by atoms with Crippen LogP contribution >= 0.6 is 0 Å². The van der Waals surface area contributed by atoms with Crippen LogP contribution in [0.3, 0.4) is 0 Å². The molecule has 1 aromatic carbocycles. The first kappa shape index (κ1) is 13.1. The summed E-state index contributed by atoms with van der Waals surface area (Å²) in [6.07, 6.45) is 4.84. The van der Waals surface area contributed by atoms with Gasteiger partial charge >= 0.3 is 0 Å². The molecule has 0 saturated heterocycles. The first-order valence-corrected chi connectivity index (χ1v) is 6.60. The quantitative estimate of drug-likeness (QED) is 0.798. The Morgan fingerprint density at radius 3 is 2.67 bits per heavy atom. The Balaban J connectivity index is 1.75. The molecule has 0 aliphatic carbocycles. The molecule has 5 nitrogen and oxygen atoms in total. The topological polar surface area (TPSA) is 59.8 Å². The number of hydrogen-bond donors (Lipinski definition) is 1. The number of rotatable bonds is 4. The first-order valence-electron chi connectivity index (χ1n) is 6.60. The van der Waals surface area contributed by atoms with E-state index in [1.807, 2.05) is 30.3 Å². The highest BCUT2D eigenvalue weighted by atomic mass is 16.1. The van der Waals surface area contributed by atoms with Crippen molar-refractivity contribution >= 4 is 11.7 Å². The van der Waals surface area contributed by atoms with Crippen LogP contribution in [0.4, 0.5) is 5.82 Å². The number of aromatic nitrogens is 3. The maximum Gasteiger partial charge on any atom is 0.258 e. The Labute approximate surface area is 122 Å². The first-order chi connectivity index (χ1) is 10.3. The molecular weight excluding hydrogens is 264 g/mol. The van der Waals surface area contributed by atoms with Gasteiger partial charge in [0.15, 0.2) is 0 Å². The summed E-state index contributed by atoms with van der Waals surface area (Å²) in [5.41, 5.74) is 1.64. The van der Waals surface area contributed by atoms with Gasteiger partial charge in [0, 0.05) is 18.5 Å². The zero-order valence-corrected chi connectivity index (χ0v) is 11.3. The number of nitrogens with zero attached hydrogens (tertiary/aromatic N) is 3. The predicted molar refractivity (Wildman–Crippen MR) is 80.0 cm³/mol. The molecule has 0 aliphatic heterocycles. The lowest BCUT2D eigenvalue weighted by Gasteiger charge is -2.09. The summed E-state index contributed by atoms with van der Waals surface area (Å²) in [6.45, 7) is 0.608. The summed E-state index contributed by atoms with van der Waals surface area (Å²) in [5.74, 6) is 0.464. The average Bonchev–Trinajstić information content (AvgIpc) is 2.96. The van der Waals surface area contributed by atoms with Crippen LogP contribution in [-0.2, 0) is 6.54 Å². The third-order valence-corrected chi connectivity index (χ3v) is 3.06. The van der Waals surface area contributed by atoms with Gasteiger partial charge in [-0.1, -0.05) is 30.3 Å². The van der Waals surface area contributed by atoms with Crippen molar-refractivity contribution < 1.29 is 4.79 Å². The second-order valence-corrected chi connectivity index (χ2v) is 4.56. The lowest BCUT2D eigenvalue weighted by molar-refractivity contribution is 0.102. The second-order valence-electron chi connectivity index (χ2n) is 4.56. The van der Waals surface area contributed by atoms with Gasteiger partial charge in [-0.2, -0.15) is 5.10 Å². The lowest BCUT2D eigenvalue weighted by atomic mass is 10.2. The Morgan fingerprint density at radius 2 is 1.90 bits per heavy atom. The maximum atomic E-state index is 12.1. The normalized spacial score (nSPS) is 10.3. The molecule has 1 N–H and O–H groups in total. The standard InChI is InChI=1S/C16H14N4O/c21-16(14-7-4-9-17-11-14)19-15-8-10-18-20(15)12-13-5-2-1-3-6-13/h1-11H,12H2,(H,19,21). The summed E-state index contributed by atoms with van der Waals surface area (Å²) in [6, 6.07) is 15.2. The summed E-state index contributed by atoms with van der Waals surface area (Å²) < 4.78 is 1.75. The molecule has 0 bridgehead atoms. The van der Waals surface area contributed by atoms with Gasteiger partial charge in [-0.25, -0.2) is 4.68 Å². The number of carbonyl (C=O) groups excluding carboxylic acids is 1. The minimum atomic E-state index is -0.196.